The number of hydrogen-bond acceptors (Lipinski definition) is 2. The highest BCUT2D eigenvalue weighted by atomic mass is 19.4. The van der Waals surface area contributed by atoms with E-state index in [1.54, 1.807) is 19.9 Å². The number of alkyl halides is 3. The predicted octanol–water partition coefficient (Wildman–Crippen LogP) is 3.10. The van der Waals surface area contributed by atoms with E-state index in [1.807, 2.05) is 0 Å². The molecule has 0 aromatic heterocycles. The molecule has 6 heteroatoms. The molecule has 0 fully saturated rings. The summed E-state index contributed by atoms with van der Waals surface area (Å²) in [4.78, 5) is 1.23. The Morgan fingerprint density at radius 2 is 1.89 bits per heavy atom. The largest absolute Gasteiger partial charge is 0.401 e. The molecule has 1 rings (SSSR count). The number of benzene rings is 1. The normalized spacial score (nSPS) is 14.2. The van der Waals surface area contributed by atoms with Gasteiger partial charge >= 0.3 is 6.18 Å². The number of nitrogens with two attached hydrogens (primary N) is 1. The van der Waals surface area contributed by atoms with E-state index in [0.29, 0.717) is 5.56 Å². The molecule has 1 aromatic carbocycles. The second-order valence-electron chi connectivity index (χ2n) is 4.80. The summed E-state index contributed by atoms with van der Waals surface area (Å²) in [5, 5.41) is 0. The summed E-state index contributed by atoms with van der Waals surface area (Å²) >= 11 is 0. The van der Waals surface area contributed by atoms with Gasteiger partial charge in [-0.1, -0.05) is 12.1 Å². The van der Waals surface area contributed by atoms with Crippen LogP contribution in [0.5, 0.6) is 0 Å². The third-order valence-corrected chi connectivity index (χ3v) is 2.82. The van der Waals surface area contributed by atoms with Gasteiger partial charge in [-0.25, -0.2) is 4.39 Å². The van der Waals surface area contributed by atoms with Crippen LogP contribution in [0.4, 0.5) is 17.6 Å². The van der Waals surface area contributed by atoms with Gasteiger partial charge in [-0.15, -0.1) is 0 Å². The van der Waals surface area contributed by atoms with Crippen molar-refractivity contribution in [2.75, 3.05) is 13.1 Å². The second-order valence-corrected chi connectivity index (χ2v) is 4.80. The Labute approximate surface area is 110 Å². The summed E-state index contributed by atoms with van der Waals surface area (Å²) in [5.41, 5.74) is 6.34. The smallest absolute Gasteiger partial charge is 0.323 e. The zero-order valence-corrected chi connectivity index (χ0v) is 10.9. The third kappa shape index (κ3) is 5.57. The third-order valence-electron chi connectivity index (χ3n) is 2.82. The molecule has 0 saturated heterocycles. The monoisotopic (exact) mass is 278 g/mol. The van der Waals surface area contributed by atoms with Crippen LogP contribution in [0.25, 0.3) is 0 Å². The molecule has 0 aliphatic rings. The van der Waals surface area contributed by atoms with Crippen molar-refractivity contribution in [3.05, 3.63) is 35.6 Å². The number of hydrogen-bond donors (Lipinski definition) is 1. The first-order chi connectivity index (χ1) is 8.69. The summed E-state index contributed by atoms with van der Waals surface area (Å²) in [5.74, 6) is -0.445. The van der Waals surface area contributed by atoms with E-state index in [2.05, 4.69) is 0 Å². The van der Waals surface area contributed by atoms with Gasteiger partial charge in [-0.2, -0.15) is 13.2 Å². The molecule has 0 radical (unpaired) electrons. The van der Waals surface area contributed by atoms with Crippen LogP contribution < -0.4 is 5.73 Å². The minimum absolute atomic E-state index is 0.0284. The fourth-order valence-corrected chi connectivity index (χ4v) is 1.78. The molecule has 2 nitrogen and oxygen atoms in total. The van der Waals surface area contributed by atoms with E-state index in [4.69, 9.17) is 5.73 Å². The molecule has 2 N–H and O–H groups in total. The van der Waals surface area contributed by atoms with Crippen molar-refractivity contribution in [1.29, 1.82) is 0 Å². The molecule has 0 aliphatic carbocycles. The Morgan fingerprint density at radius 3 is 2.37 bits per heavy atom. The van der Waals surface area contributed by atoms with Crippen molar-refractivity contribution >= 4 is 0 Å². The molecular weight excluding hydrogens is 260 g/mol. The molecule has 19 heavy (non-hydrogen) atoms. The van der Waals surface area contributed by atoms with Crippen molar-refractivity contribution in [3.8, 4) is 0 Å². The van der Waals surface area contributed by atoms with Crippen molar-refractivity contribution in [1.82, 2.24) is 4.90 Å². The van der Waals surface area contributed by atoms with E-state index in [9.17, 15) is 17.6 Å². The lowest BCUT2D eigenvalue weighted by Gasteiger charge is -2.30. The molecule has 0 amide bonds. The average Bonchev–Trinajstić information content (AvgIpc) is 2.26. The fraction of sp³-hybridized carbons (Fsp3) is 0.538. The van der Waals surface area contributed by atoms with Crippen LogP contribution in [-0.4, -0.2) is 30.2 Å². The molecule has 108 valence electrons. The van der Waals surface area contributed by atoms with Crippen LogP contribution in [-0.2, 0) is 0 Å². The summed E-state index contributed by atoms with van der Waals surface area (Å²) in [6, 6.07) is 4.68. The molecule has 1 unspecified atom stereocenters. The van der Waals surface area contributed by atoms with Crippen LogP contribution in [0.2, 0.25) is 0 Å². The molecule has 1 atom stereocenters. The van der Waals surface area contributed by atoms with Crippen LogP contribution in [0, 0.1) is 5.82 Å². The van der Waals surface area contributed by atoms with Gasteiger partial charge in [0.15, 0.2) is 0 Å². The topological polar surface area (TPSA) is 29.3 Å². The summed E-state index contributed by atoms with van der Waals surface area (Å²) in [7, 11) is 0. The van der Waals surface area contributed by atoms with Gasteiger partial charge in [0.1, 0.15) is 5.82 Å². The Bertz CT molecular complexity index is 404. The molecule has 0 bridgehead atoms. The second kappa shape index (κ2) is 6.34. The lowest BCUT2D eigenvalue weighted by atomic mass is 10.1. The first kappa shape index (κ1) is 15.9. The molecule has 1 aromatic rings. The number of nitrogens with zero attached hydrogens (tertiary/aromatic N) is 1. The van der Waals surface area contributed by atoms with Gasteiger partial charge < -0.3 is 5.73 Å². The standard InChI is InChI=1S/C13H18F4N2/c1-9(2)19(8-13(15,16)17)7-12(18)10-4-3-5-11(14)6-10/h3-6,9,12H,7-8,18H2,1-2H3. The molecule has 0 spiro atoms. The minimum Gasteiger partial charge on any atom is -0.323 e. The summed E-state index contributed by atoms with van der Waals surface area (Å²) < 4.78 is 50.4. The van der Waals surface area contributed by atoms with Crippen LogP contribution in [0.3, 0.4) is 0 Å². The van der Waals surface area contributed by atoms with Crippen molar-refractivity contribution < 1.29 is 17.6 Å². The van der Waals surface area contributed by atoms with Gasteiger partial charge in [0.25, 0.3) is 0 Å². The Hall–Kier alpha value is -1.14. The Kier molecular flexibility index (Phi) is 5.31. The van der Waals surface area contributed by atoms with Gasteiger partial charge in [-0.3, -0.25) is 4.90 Å². The fourth-order valence-electron chi connectivity index (χ4n) is 1.78. The van der Waals surface area contributed by atoms with E-state index in [1.165, 1.54) is 23.1 Å². The van der Waals surface area contributed by atoms with Gasteiger partial charge in [-0.05, 0) is 31.5 Å². The highest BCUT2D eigenvalue weighted by molar-refractivity contribution is 5.20. The lowest BCUT2D eigenvalue weighted by Crippen LogP contribution is -2.42. The average molecular weight is 278 g/mol. The minimum atomic E-state index is -4.27. The predicted molar refractivity (Wildman–Crippen MR) is 66.1 cm³/mol. The van der Waals surface area contributed by atoms with E-state index >= 15 is 0 Å². The van der Waals surface area contributed by atoms with Crippen LogP contribution in [0.15, 0.2) is 24.3 Å². The van der Waals surface area contributed by atoms with E-state index < -0.39 is 24.6 Å². The molecular formula is C13H18F4N2. The first-order valence-electron chi connectivity index (χ1n) is 6.01. The Morgan fingerprint density at radius 1 is 1.26 bits per heavy atom. The highest BCUT2D eigenvalue weighted by Gasteiger charge is 2.32. The molecule has 0 saturated carbocycles. The van der Waals surface area contributed by atoms with Crippen molar-refractivity contribution in [2.45, 2.75) is 32.1 Å². The summed E-state index contributed by atoms with van der Waals surface area (Å²) in [6.45, 7) is 2.35. The van der Waals surface area contributed by atoms with Gasteiger partial charge in [0.2, 0.25) is 0 Å². The SMILES string of the molecule is CC(C)N(CC(N)c1cccc(F)c1)CC(F)(F)F. The number of rotatable bonds is 5. The molecule has 0 aliphatic heterocycles. The van der Waals surface area contributed by atoms with E-state index in [-0.39, 0.29) is 12.6 Å². The quantitative estimate of drug-likeness (QED) is 0.839. The Balaban J connectivity index is 2.74. The maximum Gasteiger partial charge on any atom is 0.401 e. The lowest BCUT2D eigenvalue weighted by molar-refractivity contribution is -0.150. The van der Waals surface area contributed by atoms with Crippen molar-refractivity contribution in [3.63, 3.8) is 0 Å². The van der Waals surface area contributed by atoms with Gasteiger partial charge in [0, 0.05) is 18.6 Å². The highest BCUT2D eigenvalue weighted by Crippen LogP contribution is 2.20. The van der Waals surface area contributed by atoms with Crippen molar-refractivity contribution in [2.24, 2.45) is 5.73 Å². The zero-order chi connectivity index (χ0) is 14.6. The first-order valence-corrected chi connectivity index (χ1v) is 6.01. The number of halogens is 4. The van der Waals surface area contributed by atoms with E-state index in [0.717, 1.165) is 0 Å². The van der Waals surface area contributed by atoms with Crippen LogP contribution >= 0.6 is 0 Å². The van der Waals surface area contributed by atoms with Crippen LogP contribution in [0.1, 0.15) is 25.5 Å². The van der Waals surface area contributed by atoms with Gasteiger partial charge in [0.05, 0.1) is 6.54 Å². The summed E-state index contributed by atoms with van der Waals surface area (Å²) in [6.07, 6.45) is -4.27. The molecule has 0 heterocycles. The maximum atomic E-state index is 13.0. The maximum absolute atomic E-state index is 13.0. The zero-order valence-electron chi connectivity index (χ0n) is 10.9.